The Balaban J connectivity index is 1.94. The van der Waals surface area contributed by atoms with Gasteiger partial charge < -0.3 is 9.64 Å². The third kappa shape index (κ3) is 3.52. The Kier molecular flexibility index (Phi) is 4.67. The number of hydrogen-bond acceptors (Lipinski definition) is 3. The summed E-state index contributed by atoms with van der Waals surface area (Å²) in [6.45, 7) is 3.27. The molecule has 3 heteroatoms. The highest BCUT2D eigenvalue weighted by molar-refractivity contribution is 5.33. The van der Waals surface area contributed by atoms with Crippen LogP contribution in [0.5, 0.6) is 5.75 Å². The predicted octanol–water partition coefficient (Wildman–Crippen LogP) is 3.25. The molecule has 0 saturated heterocycles. The Hall–Kier alpha value is -1.53. The molecular weight excluding hydrogens is 248 g/mol. The molecule has 0 radical (unpaired) electrons. The van der Waals surface area contributed by atoms with E-state index in [2.05, 4.69) is 37.1 Å². The van der Waals surface area contributed by atoms with Gasteiger partial charge >= 0.3 is 0 Å². The van der Waals surface area contributed by atoms with Crippen molar-refractivity contribution in [2.45, 2.75) is 38.6 Å². The number of benzene rings is 1. The standard InChI is InChI=1S/C17H24N2O/c1-14(12-15-6-4-5-7-16(15)20-3)19(2)13-17(8-9-17)10-11-18/h4-7,14H,8-10,12-13H2,1-3H3. The van der Waals surface area contributed by atoms with Gasteiger partial charge in [0.15, 0.2) is 0 Å². The second kappa shape index (κ2) is 6.28. The van der Waals surface area contributed by atoms with E-state index in [1.54, 1.807) is 7.11 Å². The largest absolute Gasteiger partial charge is 0.496 e. The summed E-state index contributed by atoms with van der Waals surface area (Å²) in [7, 11) is 3.89. The Labute approximate surface area is 122 Å². The summed E-state index contributed by atoms with van der Waals surface area (Å²) in [4.78, 5) is 2.39. The summed E-state index contributed by atoms with van der Waals surface area (Å²) >= 11 is 0. The molecule has 0 amide bonds. The van der Waals surface area contributed by atoms with Gasteiger partial charge in [-0.3, -0.25) is 0 Å². The SMILES string of the molecule is COc1ccccc1CC(C)N(C)CC1(CC#N)CC1. The van der Waals surface area contributed by atoms with Crippen molar-refractivity contribution in [3.8, 4) is 11.8 Å². The Morgan fingerprint density at radius 1 is 1.40 bits per heavy atom. The number of nitrogens with zero attached hydrogens (tertiary/aromatic N) is 2. The van der Waals surface area contributed by atoms with Gasteiger partial charge in [-0.25, -0.2) is 0 Å². The van der Waals surface area contributed by atoms with E-state index in [1.807, 2.05) is 12.1 Å². The zero-order chi connectivity index (χ0) is 14.6. The lowest BCUT2D eigenvalue weighted by atomic mass is 10.00. The lowest BCUT2D eigenvalue weighted by Crippen LogP contribution is -2.35. The minimum absolute atomic E-state index is 0.276. The molecule has 1 atom stereocenters. The molecule has 108 valence electrons. The van der Waals surface area contributed by atoms with Gasteiger partial charge in [0, 0.05) is 19.0 Å². The maximum atomic E-state index is 8.91. The van der Waals surface area contributed by atoms with Crippen LogP contribution in [0.15, 0.2) is 24.3 Å². The summed E-state index contributed by atoms with van der Waals surface area (Å²) in [5.41, 5.74) is 1.53. The fourth-order valence-corrected chi connectivity index (χ4v) is 2.77. The molecule has 1 aliphatic carbocycles. The number of methoxy groups -OCH3 is 1. The number of ether oxygens (including phenoxy) is 1. The number of para-hydroxylation sites is 1. The maximum absolute atomic E-state index is 8.91. The first-order chi connectivity index (χ1) is 9.60. The molecule has 20 heavy (non-hydrogen) atoms. The highest BCUT2D eigenvalue weighted by Crippen LogP contribution is 2.49. The van der Waals surface area contributed by atoms with E-state index in [4.69, 9.17) is 10.00 Å². The summed E-state index contributed by atoms with van der Waals surface area (Å²) < 4.78 is 5.42. The molecule has 0 N–H and O–H groups in total. The molecule has 2 rings (SSSR count). The van der Waals surface area contributed by atoms with Crippen molar-refractivity contribution in [1.82, 2.24) is 4.90 Å². The van der Waals surface area contributed by atoms with E-state index in [-0.39, 0.29) is 5.41 Å². The molecule has 3 nitrogen and oxygen atoms in total. The van der Waals surface area contributed by atoms with Gasteiger partial charge in [0.25, 0.3) is 0 Å². The summed E-state index contributed by atoms with van der Waals surface area (Å²) in [5.74, 6) is 0.964. The van der Waals surface area contributed by atoms with E-state index < -0.39 is 0 Å². The topological polar surface area (TPSA) is 36.3 Å². The molecule has 0 spiro atoms. The Bertz CT molecular complexity index is 488. The molecule has 1 unspecified atom stereocenters. The fourth-order valence-electron chi connectivity index (χ4n) is 2.77. The first kappa shape index (κ1) is 14.9. The molecule has 0 aromatic heterocycles. The van der Waals surface area contributed by atoms with E-state index in [0.717, 1.165) is 18.7 Å². The number of rotatable bonds is 7. The van der Waals surface area contributed by atoms with Crippen molar-refractivity contribution in [3.63, 3.8) is 0 Å². The zero-order valence-electron chi connectivity index (χ0n) is 12.7. The molecule has 1 aliphatic rings. The quantitative estimate of drug-likeness (QED) is 0.764. The van der Waals surface area contributed by atoms with Gasteiger partial charge in [0.05, 0.1) is 13.2 Å². The zero-order valence-corrected chi connectivity index (χ0v) is 12.7. The first-order valence-electron chi connectivity index (χ1n) is 7.29. The molecule has 1 aromatic carbocycles. The summed E-state index contributed by atoms with van der Waals surface area (Å²) in [5, 5.41) is 8.91. The third-order valence-electron chi connectivity index (χ3n) is 4.46. The third-order valence-corrected chi connectivity index (χ3v) is 4.46. The maximum Gasteiger partial charge on any atom is 0.122 e. The number of nitriles is 1. The lowest BCUT2D eigenvalue weighted by molar-refractivity contribution is 0.206. The van der Waals surface area contributed by atoms with E-state index in [1.165, 1.54) is 18.4 Å². The van der Waals surface area contributed by atoms with Gasteiger partial charge in [-0.05, 0) is 50.3 Å². The van der Waals surface area contributed by atoms with Crippen molar-refractivity contribution in [2.75, 3.05) is 20.7 Å². The second-order valence-corrected chi connectivity index (χ2v) is 6.11. The van der Waals surface area contributed by atoms with Crippen LogP contribution in [-0.2, 0) is 6.42 Å². The minimum Gasteiger partial charge on any atom is -0.496 e. The van der Waals surface area contributed by atoms with Crippen LogP contribution in [0.1, 0.15) is 31.7 Å². The average molecular weight is 272 g/mol. The highest BCUT2D eigenvalue weighted by atomic mass is 16.5. The molecule has 1 aromatic rings. The van der Waals surface area contributed by atoms with E-state index in [9.17, 15) is 0 Å². The van der Waals surface area contributed by atoms with Crippen LogP contribution in [0.2, 0.25) is 0 Å². The van der Waals surface area contributed by atoms with Gasteiger partial charge in [-0.15, -0.1) is 0 Å². The van der Waals surface area contributed by atoms with Gasteiger partial charge in [0.2, 0.25) is 0 Å². The van der Waals surface area contributed by atoms with Gasteiger partial charge in [-0.1, -0.05) is 18.2 Å². The molecule has 1 fully saturated rings. The van der Waals surface area contributed by atoms with Crippen molar-refractivity contribution >= 4 is 0 Å². The smallest absolute Gasteiger partial charge is 0.122 e. The summed E-state index contributed by atoms with van der Waals surface area (Å²) in [6, 6.07) is 11.0. The van der Waals surface area contributed by atoms with Crippen LogP contribution in [0.3, 0.4) is 0 Å². The van der Waals surface area contributed by atoms with Crippen molar-refractivity contribution in [2.24, 2.45) is 5.41 Å². The second-order valence-electron chi connectivity index (χ2n) is 6.11. The molecular formula is C17H24N2O. The lowest BCUT2D eigenvalue weighted by Gasteiger charge is -2.28. The highest BCUT2D eigenvalue weighted by Gasteiger charge is 2.43. The Morgan fingerprint density at radius 3 is 2.70 bits per heavy atom. The fraction of sp³-hybridized carbons (Fsp3) is 0.588. The van der Waals surface area contributed by atoms with Crippen LogP contribution < -0.4 is 4.74 Å². The van der Waals surface area contributed by atoms with Crippen LogP contribution in [0.4, 0.5) is 0 Å². The van der Waals surface area contributed by atoms with Crippen molar-refractivity contribution in [1.29, 1.82) is 5.26 Å². The van der Waals surface area contributed by atoms with Crippen LogP contribution in [0, 0.1) is 16.7 Å². The number of hydrogen-bond donors (Lipinski definition) is 0. The molecule has 0 bridgehead atoms. The van der Waals surface area contributed by atoms with E-state index >= 15 is 0 Å². The molecule has 0 heterocycles. The van der Waals surface area contributed by atoms with E-state index in [0.29, 0.717) is 12.5 Å². The van der Waals surface area contributed by atoms with Crippen LogP contribution >= 0.6 is 0 Å². The van der Waals surface area contributed by atoms with Crippen LogP contribution in [-0.4, -0.2) is 31.6 Å². The van der Waals surface area contributed by atoms with Crippen molar-refractivity contribution in [3.05, 3.63) is 29.8 Å². The molecule has 1 saturated carbocycles. The van der Waals surface area contributed by atoms with Gasteiger partial charge in [0.1, 0.15) is 5.75 Å². The normalized spacial score (nSPS) is 17.6. The van der Waals surface area contributed by atoms with Gasteiger partial charge in [-0.2, -0.15) is 5.26 Å². The Morgan fingerprint density at radius 2 is 2.10 bits per heavy atom. The number of likely N-dealkylation sites (N-methyl/N-ethyl adjacent to an activating group) is 1. The molecule has 0 aliphatic heterocycles. The monoisotopic (exact) mass is 272 g/mol. The summed E-state index contributed by atoms with van der Waals surface area (Å²) in [6.07, 6.45) is 4.07. The average Bonchev–Trinajstić information content (AvgIpc) is 3.19. The van der Waals surface area contributed by atoms with Crippen molar-refractivity contribution < 1.29 is 4.74 Å². The first-order valence-corrected chi connectivity index (χ1v) is 7.29. The predicted molar refractivity (Wildman–Crippen MR) is 80.7 cm³/mol. The minimum atomic E-state index is 0.276. The van der Waals surface area contributed by atoms with Crippen LogP contribution in [0.25, 0.3) is 0 Å².